The van der Waals surface area contributed by atoms with Crippen LogP contribution in [0.4, 0.5) is 4.39 Å². The predicted molar refractivity (Wildman–Crippen MR) is 95.8 cm³/mol. The molecule has 1 amide bonds. The number of hydrogen-bond acceptors (Lipinski definition) is 4. The number of nitrogens with one attached hydrogen (secondary N) is 1. The minimum atomic E-state index is -0.269. The fourth-order valence-corrected chi connectivity index (χ4v) is 2.53. The standard InChI is InChI=1S/C20H20FN3O2/c21-17-11-8-15(9-12-17)10-13-18(25)22-14-4-7-19-23-20(24-26-19)16-5-2-1-3-6-16/h1-3,5-6,8-9,11-12H,4,7,10,13-14H2,(H,22,25). The molecule has 6 heteroatoms. The van der Waals surface area contributed by atoms with Crippen LogP contribution in [0.25, 0.3) is 11.4 Å². The van der Waals surface area contributed by atoms with Gasteiger partial charge < -0.3 is 9.84 Å². The Balaban J connectivity index is 1.35. The van der Waals surface area contributed by atoms with Crippen LogP contribution in [0.3, 0.4) is 0 Å². The Kier molecular flexibility index (Phi) is 6.09. The monoisotopic (exact) mass is 353 g/mol. The molecule has 3 rings (SSSR count). The number of carbonyl (C=O) groups is 1. The van der Waals surface area contributed by atoms with Gasteiger partial charge in [0.15, 0.2) is 0 Å². The molecule has 0 saturated heterocycles. The summed E-state index contributed by atoms with van der Waals surface area (Å²) in [6, 6.07) is 15.8. The van der Waals surface area contributed by atoms with Gasteiger partial charge in [-0.05, 0) is 30.5 Å². The first-order chi connectivity index (χ1) is 12.7. The summed E-state index contributed by atoms with van der Waals surface area (Å²) in [4.78, 5) is 16.2. The molecule has 0 aliphatic carbocycles. The third-order valence-electron chi connectivity index (χ3n) is 3.94. The highest BCUT2D eigenvalue weighted by Crippen LogP contribution is 2.15. The zero-order chi connectivity index (χ0) is 18.2. The summed E-state index contributed by atoms with van der Waals surface area (Å²) in [5, 5.41) is 6.84. The van der Waals surface area contributed by atoms with Gasteiger partial charge in [0.2, 0.25) is 17.6 Å². The predicted octanol–water partition coefficient (Wildman–Crippen LogP) is 3.56. The van der Waals surface area contributed by atoms with Gasteiger partial charge in [0, 0.05) is 24.9 Å². The first-order valence-electron chi connectivity index (χ1n) is 8.60. The minimum absolute atomic E-state index is 0.0233. The van der Waals surface area contributed by atoms with E-state index in [4.69, 9.17) is 4.52 Å². The number of aryl methyl sites for hydroxylation is 2. The number of carbonyl (C=O) groups excluding carboxylic acids is 1. The van der Waals surface area contributed by atoms with E-state index in [-0.39, 0.29) is 11.7 Å². The minimum Gasteiger partial charge on any atom is -0.356 e. The maximum Gasteiger partial charge on any atom is 0.227 e. The number of halogens is 1. The molecule has 26 heavy (non-hydrogen) atoms. The van der Waals surface area contributed by atoms with Gasteiger partial charge in [-0.25, -0.2) is 4.39 Å². The number of aromatic nitrogens is 2. The van der Waals surface area contributed by atoms with E-state index in [0.717, 1.165) is 17.5 Å². The maximum atomic E-state index is 12.8. The molecule has 1 N–H and O–H groups in total. The second-order valence-corrected chi connectivity index (χ2v) is 5.96. The zero-order valence-electron chi connectivity index (χ0n) is 14.3. The van der Waals surface area contributed by atoms with E-state index < -0.39 is 0 Å². The lowest BCUT2D eigenvalue weighted by atomic mass is 10.1. The second kappa shape index (κ2) is 8.89. The van der Waals surface area contributed by atoms with Crippen LogP contribution < -0.4 is 5.32 Å². The summed E-state index contributed by atoms with van der Waals surface area (Å²) in [5.41, 5.74) is 1.86. The average molecular weight is 353 g/mol. The molecule has 0 atom stereocenters. The first-order valence-corrected chi connectivity index (χ1v) is 8.60. The summed E-state index contributed by atoms with van der Waals surface area (Å²) in [5.74, 6) is 0.841. The fraction of sp³-hybridized carbons (Fsp3) is 0.250. The van der Waals surface area contributed by atoms with Crippen molar-refractivity contribution >= 4 is 5.91 Å². The van der Waals surface area contributed by atoms with E-state index in [1.54, 1.807) is 12.1 Å². The highest BCUT2D eigenvalue weighted by Gasteiger charge is 2.08. The summed E-state index contributed by atoms with van der Waals surface area (Å²) < 4.78 is 18.1. The molecular weight excluding hydrogens is 333 g/mol. The highest BCUT2D eigenvalue weighted by atomic mass is 19.1. The summed E-state index contributed by atoms with van der Waals surface area (Å²) in [7, 11) is 0. The molecule has 0 fully saturated rings. The lowest BCUT2D eigenvalue weighted by Gasteiger charge is -2.04. The molecule has 0 aliphatic heterocycles. The summed E-state index contributed by atoms with van der Waals surface area (Å²) in [6.45, 7) is 0.547. The Morgan fingerprint density at radius 2 is 1.81 bits per heavy atom. The van der Waals surface area contributed by atoms with Gasteiger partial charge in [0.25, 0.3) is 0 Å². The van der Waals surface area contributed by atoms with E-state index in [9.17, 15) is 9.18 Å². The molecule has 0 unspecified atom stereocenters. The molecular formula is C20H20FN3O2. The van der Waals surface area contributed by atoms with Gasteiger partial charge in [-0.2, -0.15) is 4.98 Å². The SMILES string of the molecule is O=C(CCc1ccc(F)cc1)NCCCc1nc(-c2ccccc2)no1. The molecule has 0 spiro atoms. The fourth-order valence-electron chi connectivity index (χ4n) is 2.53. The van der Waals surface area contributed by atoms with Crippen molar-refractivity contribution < 1.29 is 13.7 Å². The van der Waals surface area contributed by atoms with Crippen molar-refractivity contribution in [2.45, 2.75) is 25.7 Å². The Morgan fingerprint density at radius 1 is 1.04 bits per heavy atom. The van der Waals surface area contributed by atoms with E-state index in [0.29, 0.717) is 37.5 Å². The van der Waals surface area contributed by atoms with Gasteiger partial charge in [-0.3, -0.25) is 4.79 Å². The van der Waals surface area contributed by atoms with Gasteiger partial charge >= 0.3 is 0 Å². The lowest BCUT2D eigenvalue weighted by molar-refractivity contribution is -0.121. The van der Waals surface area contributed by atoms with E-state index >= 15 is 0 Å². The molecule has 134 valence electrons. The smallest absolute Gasteiger partial charge is 0.227 e. The molecule has 0 bridgehead atoms. The van der Waals surface area contributed by atoms with Crippen molar-refractivity contribution in [1.29, 1.82) is 0 Å². The normalized spacial score (nSPS) is 10.7. The largest absolute Gasteiger partial charge is 0.356 e. The van der Waals surface area contributed by atoms with Crippen LogP contribution in [0.2, 0.25) is 0 Å². The van der Waals surface area contributed by atoms with Crippen molar-refractivity contribution in [2.24, 2.45) is 0 Å². The van der Waals surface area contributed by atoms with Gasteiger partial charge in [-0.1, -0.05) is 47.6 Å². The lowest BCUT2D eigenvalue weighted by Crippen LogP contribution is -2.25. The molecule has 1 heterocycles. The molecule has 0 radical (unpaired) electrons. The van der Waals surface area contributed by atoms with Crippen LogP contribution in [0.1, 0.15) is 24.3 Å². The molecule has 2 aromatic carbocycles. The van der Waals surface area contributed by atoms with Crippen molar-refractivity contribution in [3.63, 3.8) is 0 Å². The first kappa shape index (κ1) is 17.8. The van der Waals surface area contributed by atoms with Gasteiger partial charge in [0.1, 0.15) is 5.82 Å². The van der Waals surface area contributed by atoms with Crippen LogP contribution in [0.15, 0.2) is 59.1 Å². The van der Waals surface area contributed by atoms with Crippen LogP contribution in [-0.2, 0) is 17.6 Å². The Hall–Kier alpha value is -3.02. The summed E-state index contributed by atoms with van der Waals surface area (Å²) >= 11 is 0. The van der Waals surface area contributed by atoms with Crippen LogP contribution in [-0.4, -0.2) is 22.6 Å². The number of amides is 1. The van der Waals surface area contributed by atoms with Crippen LogP contribution in [0.5, 0.6) is 0 Å². The number of nitrogens with zero attached hydrogens (tertiary/aromatic N) is 2. The highest BCUT2D eigenvalue weighted by molar-refractivity contribution is 5.76. The average Bonchev–Trinajstić information content (AvgIpc) is 3.14. The van der Waals surface area contributed by atoms with E-state index in [1.165, 1.54) is 12.1 Å². The Labute approximate surface area is 151 Å². The van der Waals surface area contributed by atoms with E-state index in [1.807, 2.05) is 30.3 Å². The Morgan fingerprint density at radius 3 is 2.58 bits per heavy atom. The number of hydrogen-bond donors (Lipinski definition) is 1. The molecule has 0 aliphatic rings. The summed E-state index contributed by atoms with van der Waals surface area (Å²) in [6.07, 6.45) is 2.30. The number of benzene rings is 2. The van der Waals surface area contributed by atoms with E-state index in [2.05, 4.69) is 15.5 Å². The molecule has 0 saturated carbocycles. The maximum absolute atomic E-state index is 12.8. The molecule has 1 aromatic heterocycles. The molecule has 5 nitrogen and oxygen atoms in total. The topological polar surface area (TPSA) is 68.0 Å². The second-order valence-electron chi connectivity index (χ2n) is 5.96. The number of rotatable bonds is 8. The van der Waals surface area contributed by atoms with Crippen molar-refractivity contribution in [3.05, 3.63) is 71.9 Å². The molecule has 3 aromatic rings. The van der Waals surface area contributed by atoms with Crippen molar-refractivity contribution in [2.75, 3.05) is 6.54 Å². The van der Waals surface area contributed by atoms with Crippen LogP contribution in [0, 0.1) is 5.82 Å². The van der Waals surface area contributed by atoms with Gasteiger partial charge in [0.05, 0.1) is 0 Å². The third kappa shape index (κ3) is 5.24. The zero-order valence-corrected chi connectivity index (χ0v) is 14.3. The van der Waals surface area contributed by atoms with Crippen molar-refractivity contribution in [1.82, 2.24) is 15.5 Å². The quantitative estimate of drug-likeness (QED) is 0.629. The van der Waals surface area contributed by atoms with Gasteiger partial charge in [-0.15, -0.1) is 0 Å². The van der Waals surface area contributed by atoms with Crippen LogP contribution >= 0.6 is 0 Å². The third-order valence-corrected chi connectivity index (χ3v) is 3.94. The Bertz CT molecular complexity index is 832. The van der Waals surface area contributed by atoms with Crippen molar-refractivity contribution in [3.8, 4) is 11.4 Å².